The molecule has 1 N–H and O–H groups in total. The zero-order valence-electron chi connectivity index (χ0n) is 10.1. The summed E-state index contributed by atoms with van der Waals surface area (Å²) in [4.78, 5) is 0. The van der Waals surface area contributed by atoms with Gasteiger partial charge in [-0.2, -0.15) is 0 Å². The lowest BCUT2D eigenvalue weighted by Gasteiger charge is -2.29. The number of benzene rings is 2. The largest absolute Gasteiger partial charge is 0.380 e. The molecule has 1 atom stereocenters. The van der Waals surface area contributed by atoms with E-state index < -0.39 is 11.4 Å². The number of aliphatic hydroxyl groups is 1. The van der Waals surface area contributed by atoms with Crippen molar-refractivity contribution < 1.29 is 9.50 Å². The molecule has 0 saturated heterocycles. The van der Waals surface area contributed by atoms with Crippen molar-refractivity contribution in [2.24, 2.45) is 0 Å². The lowest BCUT2D eigenvalue weighted by atomic mass is 9.84. The number of hydrogen-bond donors (Lipinski definition) is 1. The zero-order chi connectivity index (χ0) is 13.9. The topological polar surface area (TPSA) is 20.2 Å². The van der Waals surface area contributed by atoms with Crippen LogP contribution in [0.2, 0.25) is 0 Å². The Morgan fingerprint density at radius 1 is 1.11 bits per heavy atom. The molecular weight excluding hydrogens is 331 g/mol. The van der Waals surface area contributed by atoms with Crippen LogP contribution in [0.5, 0.6) is 0 Å². The van der Waals surface area contributed by atoms with E-state index in [4.69, 9.17) is 11.6 Å². The number of rotatable bonds is 4. The van der Waals surface area contributed by atoms with Gasteiger partial charge in [0, 0.05) is 11.4 Å². The molecule has 2 rings (SSSR count). The van der Waals surface area contributed by atoms with Crippen molar-refractivity contribution in [3.8, 4) is 0 Å². The first-order chi connectivity index (χ1) is 9.09. The van der Waals surface area contributed by atoms with Gasteiger partial charge in [0.15, 0.2) is 0 Å². The molecule has 0 aromatic heterocycles. The van der Waals surface area contributed by atoms with Crippen molar-refractivity contribution in [1.29, 1.82) is 0 Å². The van der Waals surface area contributed by atoms with Crippen LogP contribution in [0.15, 0.2) is 53.0 Å². The predicted molar refractivity (Wildman–Crippen MR) is 78.9 cm³/mol. The van der Waals surface area contributed by atoms with Crippen molar-refractivity contribution >= 4 is 27.5 Å². The van der Waals surface area contributed by atoms with E-state index in [1.165, 1.54) is 0 Å². The Labute approximate surface area is 125 Å². The molecule has 0 heterocycles. The van der Waals surface area contributed by atoms with Crippen molar-refractivity contribution in [3.05, 3.63) is 69.9 Å². The van der Waals surface area contributed by atoms with Gasteiger partial charge in [0.05, 0.1) is 4.47 Å². The molecule has 0 aliphatic heterocycles. The molecule has 2 aromatic rings. The number of halogens is 3. The van der Waals surface area contributed by atoms with Crippen LogP contribution in [0.3, 0.4) is 0 Å². The van der Waals surface area contributed by atoms with Crippen molar-refractivity contribution in [1.82, 2.24) is 0 Å². The Balaban J connectivity index is 2.60. The van der Waals surface area contributed by atoms with Gasteiger partial charge in [-0.3, -0.25) is 0 Å². The highest BCUT2D eigenvalue weighted by Gasteiger charge is 2.34. The second-order valence-corrected chi connectivity index (χ2v) is 5.50. The maximum atomic E-state index is 14.3. The molecule has 0 fully saturated rings. The van der Waals surface area contributed by atoms with E-state index >= 15 is 0 Å². The summed E-state index contributed by atoms with van der Waals surface area (Å²) < 4.78 is 14.6. The average molecular weight is 344 g/mol. The molecule has 0 aliphatic carbocycles. The van der Waals surface area contributed by atoms with E-state index in [-0.39, 0.29) is 17.9 Å². The Morgan fingerprint density at radius 3 is 2.42 bits per heavy atom. The smallest absolute Gasteiger partial charge is 0.143 e. The van der Waals surface area contributed by atoms with Crippen molar-refractivity contribution in [3.63, 3.8) is 0 Å². The van der Waals surface area contributed by atoms with Gasteiger partial charge in [0.2, 0.25) is 0 Å². The molecule has 0 radical (unpaired) electrons. The van der Waals surface area contributed by atoms with E-state index in [1.807, 2.05) is 18.2 Å². The molecule has 0 amide bonds. The predicted octanol–water partition coefficient (Wildman–Crippen LogP) is 4.45. The monoisotopic (exact) mass is 342 g/mol. The maximum absolute atomic E-state index is 14.3. The van der Waals surface area contributed by atoms with Crippen LogP contribution < -0.4 is 0 Å². The van der Waals surface area contributed by atoms with Crippen molar-refractivity contribution in [2.75, 3.05) is 5.88 Å². The van der Waals surface area contributed by atoms with Crippen LogP contribution in [-0.2, 0) is 5.60 Å². The third-order valence-corrected chi connectivity index (χ3v) is 3.91. The van der Waals surface area contributed by atoms with Gasteiger partial charge >= 0.3 is 0 Å². The summed E-state index contributed by atoms with van der Waals surface area (Å²) in [6.45, 7) is 0. The minimum Gasteiger partial charge on any atom is -0.380 e. The fourth-order valence-corrected chi connectivity index (χ4v) is 2.75. The Bertz CT molecular complexity index is 561. The first-order valence-electron chi connectivity index (χ1n) is 5.88. The van der Waals surface area contributed by atoms with Gasteiger partial charge in [0.25, 0.3) is 0 Å². The first-order valence-corrected chi connectivity index (χ1v) is 7.20. The summed E-state index contributed by atoms with van der Waals surface area (Å²) in [5.74, 6) is -0.226. The summed E-state index contributed by atoms with van der Waals surface area (Å²) in [5.41, 5.74) is -0.557. The molecule has 100 valence electrons. The average Bonchev–Trinajstić information content (AvgIpc) is 2.43. The van der Waals surface area contributed by atoms with Gasteiger partial charge in [-0.1, -0.05) is 42.5 Å². The molecule has 0 spiro atoms. The highest BCUT2D eigenvalue weighted by atomic mass is 79.9. The lowest BCUT2D eigenvalue weighted by Crippen LogP contribution is -2.29. The van der Waals surface area contributed by atoms with E-state index in [1.54, 1.807) is 30.3 Å². The summed E-state index contributed by atoms with van der Waals surface area (Å²) in [6, 6.07) is 13.9. The highest BCUT2D eigenvalue weighted by molar-refractivity contribution is 9.10. The lowest BCUT2D eigenvalue weighted by molar-refractivity contribution is 0.0734. The highest BCUT2D eigenvalue weighted by Crippen LogP contribution is 2.36. The van der Waals surface area contributed by atoms with E-state index in [9.17, 15) is 9.50 Å². The molecule has 0 saturated carbocycles. The van der Waals surface area contributed by atoms with Crippen LogP contribution in [0.1, 0.15) is 17.5 Å². The van der Waals surface area contributed by atoms with Crippen LogP contribution in [0.4, 0.5) is 4.39 Å². The van der Waals surface area contributed by atoms with Gasteiger partial charge in [-0.25, -0.2) is 4.39 Å². The summed E-state index contributed by atoms with van der Waals surface area (Å²) in [6.07, 6.45) is 0.242. The number of hydrogen-bond acceptors (Lipinski definition) is 1. The van der Waals surface area contributed by atoms with Crippen LogP contribution in [-0.4, -0.2) is 11.0 Å². The van der Waals surface area contributed by atoms with Crippen LogP contribution >= 0.6 is 27.5 Å². The number of alkyl halides is 1. The second kappa shape index (κ2) is 6.04. The van der Waals surface area contributed by atoms with E-state index in [2.05, 4.69) is 15.9 Å². The normalized spacial score (nSPS) is 14.1. The summed E-state index contributed by atoms with van der Waals surface area (Å²) in [7, 11) is 0. The Kier molecular flexibility index (Phi) is 4.61. The molecule has 0 aliphatic rings. The first kappa shape index (κ1) is 14.5. The third kappa shape index (κ3) is 2.83. The summed E-state index contributed by atoms with van der Waals surface area (Å²) >= 11 is 8.93. The second-order valence-electron chi connectivity index (χ2n) is 4.27. The molecular formula is C15H13BrClFO. The minimum absolute atomic E-state index is 0.230. The standard InChI is InChI=1S/C15H13BrClFO/c16-13-8-4-7-12(14(13)18)15(19,9-10-17)11-5-2-1-3-6-11/h1-8,19H,9-10H2. The van der Waals surface area contributed by atoms with Crippen LogP contribution in [0.25, 0.3) is 0 Å². The van der Waals surface area contributed by atoms with Gasteiger partial charge in [-0.05, 0) is 34.0 Å². The molecule has 19 heavy (non-hydrogen) atoms. The van der Waals surface area contributed by atoms with Gasteiger partial charge < -0.3 is 5.11 Å². The van der Waals surface area contributed by atoms with Crippen molar-refractivity contribution in [2.45, 2.75) is 12.0 Å². The van der Waals surface area contributed by atoms with E-state index in [0.717, 1.165) is 0 Å². The SMILES string of the molecule is OC(CCCl)(c1ccccc1)c1cccc(Br)c1F. The fraction of sp³-hybridized carbons (Fsp3) is 0.200. The van der Waals surface area contributed by atoms with Gasteiger partial charge in [0.1, 0.15) is 11.4 Å². The molecule has 4 heteroatoms. The molecule has 1 unspecified atom stereocenters. The minimum atomic E-state index is -1.42. The molecule has 2 aromatic carbocycles. The fourth-order valence-electron chi connectivity index (χ4n) is 2.11. The third-order valence-electron chi connectivity index (χ3n) is 3.10. The quantitative estimate of drug-likeness (QED) is 0.813. The van der Waals surface area contributed by atoms with Crippen LogP contribution in [0, 0.1) is 5.82 Å². The maximum Gasteiger partial charge on any atom is 0.143 e. The summed E-state index contributed by atoms with van der Waals surface area (Å²) in [5, 5.41) is 10.9. The molecule has 1 nitrogen and oxygen atoms in total. The van der Waals surface area contributed by atoms with E-state index in [0.29, 0.717) is 10.0 Å². The molecule has 0 bridgehead atoms. The zero-order valence-corrected chi connectivity index (χ0v) is 12.5. The Hall–Kier alpha value is -0.900. The Morgan fingerprint density at radius 2 is 1.79 bits per heavy atom. The van der Waals surface area contributed by atoms with Gasteiger partial charge in [-0.15, -0.1) is 11.6 Å².